The molecule has 2 aliphatic rings. The zero-order valence-electron chi connectivity index (χ0n) is 24.4. The number of carbonyl (C=O) groups is 2. The normalized spacial score (nSPS) is 20.1. The molecule has 0 radical (unpaired) electrons. The lowest BCUT2D eigenvalue weighted by Crippen LogP contribution is -2.60. The Hall–Kier alpha value is -3.00. The molecule has 2 fully saturated rings. The van der Waals surface area contributed by atoms with Crippen LogP contribution in [0.15, 0.2) is 48.5 Å². The van der Waals surface area contributed by atoms with E-state index in [-0.39, 0.29) is 35.1 Å². The summed E-state index contributed by atoms with van der Waals surface area (Å²) in [5.41, 5.74) is 2.94. The number of alkyl halides is 2. The second kappa shape index (κ2) is 12.7. The molecule has 218 valence electrons. The van der Waals surface area contributed by atoms with Gasteiger partial charge in [-0.25, -0.2) is 0 Å². The number of nitrogens with zero attached hydrogens (tertiary/aromatic N) is 3. The number of carbonyl (C=O) groups excluding carboxylic acids is 2. The Morgan fingerprint density at radius 2 is 1.65 bits per heavy atom. The molecular weight excluding hydrogens is 512 g/mol. The smallest absolute Gasteiger partial charge is 0.387 e. The molecule has 2 atom stereocenters. The average molecular weight is 556 g/mol. The summed E-state index contributed by atoms with van der Waals surface area (Å²) < 4.78 is 30.8. The van der Waals surface area contributed by atoms with Crippen molar-refractivity contribution in [1.29, 1.82) is 0 Å². The summed E-state index contributed by atoms with van der Waals surface area (Å²) >= 11 is 0. The molecule has 0 bridgehead atoms. The molecule has 2 heterocycles. The van der Waals surface area contributed by atoms with E-state index in [1.807, 2.05) is 17.9 Å². The predicted octanol–water partition coefficient (Wildman–Crippen LogP) is 5.89. The number of likely N-dealkylation sites (tertiary alicyclic amines) is 1. The number of aryl methyl sites for hydroxylation is 1. The SMILES string of the molecule is CC(=O)N1CCC(CC(=O)N2CCN(C(c3ccc(C)cc3)c3cccc(OC(F)F)c3)CC2C(C)(C)C)CC1. The molecule has 8 heteroatoms. The van der Waals surface area contributed by atoms with Crippen LogP contribution in [-0.2, 0) is 9.59 Å². The van der Waals surface area contributed by atoms with Crippen molar-refractivity contribution in [3.05, 3.63) is 65.2 Å². The number of hydrogen-bond donors (Lipinski definition) is 0. The van der Waals surface area contributed by atoms with Crippen molar-refractivity contribution >= 4 is 11.8 Å². The van der Waals surface area contributed by atoms with Gasteiger partial charge in [-0.1, -0.05) is 62.7 Å². The van der Waals surface area contributed by atoms with Gasteiger partial charge in [0.25, 0.3) is 0 Å². The first kappa shape index (κ1) is 30.0. The summed E-state index contributed by atoms with van der Waals surface area (Å²) in [5.74, 6) is 0.712. The summed E-state index contributed by atoms with van der Waals surface area (Å²) in [4.78, 5) is 31.7. The highest BCUT2D eigenvalue weighted by molar-refractivity contribution is 5.77. The first-order chi connectivity index (χ1) is 18.9. The van der Waals surface area contributed by atoms with E-state index >= 15 is 0 Å². The summed E-state index contributed by atoms with van der Waals surface area (Å²) in [6, 6.07) is 15.1. The number of piperazine rings is 1. The molecule has 2 saturated heterocycles. The molecule has 2 aromatic rings. The number of amides is 2. The Bertz CT molecular complexity index is 1160. The third kappa shape index (κ3) is 7.39. The van der Waals surface area contributed by atoms with Gasteiger partial charge in [-0.3, -0.25) is 14.5 Å². The van der Waals surface area contributed by atoms with Crippen LogP contribution in [0.4, 0.5) is 8.78 Å². The highest BCUT2D eigenvalue weighted by atomic mass is 19.3. The van der Waals surface area contributed by atoms with Gasteiger partial charge in [0, 0.05) is 52.1 Å². The maximum atomic E-state index is 13.7. The Kier molecular flexibility index (Phi) is 9.49. The molecule has 0 aromatic heterocycles. The third-order valence-electron chi connectivity index (χ3n) is 8.41. The fourth-order valence-electron chi connectivity index (χ4n) is 6.12. The molecule has 2 unspecified atom stereocenters. The van der Waals surface area contributed by atoms with Gasteiger partial charge >= 0.3 is 6.61 Å². The van der Waals surface area contributed by atoms with Gasteiger partial charge in [-0.05, 0) is 54.4 Å². The Morgan fingerprint density at radius 3 is 2.25 bits per heavy atom. The molecule has 40 heavy (non-hydrogen) atoms. The van der Waals surface area contributed by atoms with E-state index in [0.29, 0.717) is 32.0 Å². The number of hydrogen-bond acceptors (Lipinski definition) is 4. The molecule has 6 nitrogen and oxygen atoms in total. The number of rotatable bonds is 7. The zero-order valence-corrected chi connectivity index (χ0v) is 24.4. The van der Waals surface area contributed by atoms with Gasteiger partial charge in [0.2, 0.25) is 11.8 Å². The molecule has 2 aromatic carbocycles. The van der Waals surface area contributed by atoms with Crippen LogP contribution < -0.4 is 4.74 Å². The Labute approximate surface area is 237 Å². The van der Waals surface area contributed by atoms with Gasteiger partial charge in [0.1, 0.15) is 5.75 Å². The van der Waals surface area contributed by atoms with Gasteiger partial charge in [0.05, 0.1) is 6.04 Å². The lowest BCUT2D eigenvalue weighted by Gasteiger charge is -2.50. The van der Waals surface area contributed by atoms with Crippen LogP contribution in [0.5, 0.6) is 5.75 Å². The molecule has 0 aliphatic carbocycles. The molecule has 2 amide bonds. The third-order valence-corrected chi connectivity index (χ3v) is 8.41. The van der Waals surface area contributed by atoms with Gasteiger partial charge in [0.15, 0.2) is 0 Å². The van der Waals surface area contributed by atoms with E-state index in [9.17, 15) is 18.4 Å². The number of piperidine rings is 1. The number of halogens is 2. The standard InChI is InChI=1S/C32H43F2N3O3/c1-22-9-11-25(12-10-22)30(26-7-6-8-27(20-26)40-31(33)34)36-17-18-37(28(21-36)32(3,4)5)29(39)19-24-13-15-35(16-14-24)23(2)38/h6-12,20,24,28,30-31H,13-19,21H2,1-5H3. The van der Waals surface area contributed by atoms with Crippen LogP contribution in [0.3, 0.4) is 0 Å². The van der Waals surface area contributed by atoms with Gasteiger partial charge in [-0.15, -0.1) is 0 Å². The molecule has 0 saturated carbocycles. The Morgan fingerprint density at radius 1 is 0.975 bits per heavy atom. The maximum Gasteiger partial charge on any atom is 0.387 e. The highest BCUT2D eigenvalue weighted by Gasteiger charge is 2.41. The van der Waals surface area contributed by atoms with Crippen LogP contribution in [0, 0.1) is 18.3 Å². The first-order valence-electron chi connectivity index (χ1n) is 14.3. The summed E-state index contributed by atoms with van der Waals surface area (Å²) in [7, 11) is 0. The lowest BCUT2D eigenvalue weighted by molar-refractivity contribution is -0.141. The zero-order chi connectivity index (χ0) is 29.0. The summed E-state index contributed by atoms with van der Waals surface area (Å²) in [6.07, 6.45) is 2.22. The number of ether oxygens (including phenoxy) is 1. The average Bonchev–Trinajstić information content (AvgIpc) is 2.89. The van der Waals surface area contributed by atoms with Crippen molar-refractivity contribution < 1.29 is 23.1 Å². The number of benzene rings is 2. The van der Waals surface area contributed by atoms with Crippen molar-refractivity contribution in [1.82, 2.24) is 14.7 Å². The summed E-state index contributed by atoms with van der Waals surface area (Å²) in [6.45, 7) is 10.6. The van der Waals surface area contributed by atoms with Crippen molar-refractivity contribution in [2.45, 2.75) is 72.6 Å². The van der Waals surface area contributed by atoms with Crippen molar-refractivity contribution in [2.75, 3.05) is 32.7 Å². The molecule has 2 aliphatic heterocycles. The van der Waals surface area contributed by atoms with E-state index in [1.54, 1.807) is 25.1 Å². The molecule has 0 N–H and O–H groups in total. The minimum absolute atomic E-state index is 0.0143. The van der Waals surface area contributed by atoms with Crippen LogP contribution in [0.2, 0.25) is 0 Å². The Balaban J connectivity index is 1.56. The van der Waals surface area contributed by atoms with Crippen LogP contribution >= 0.6 is 0 Å². The minimum Gasteiger partial charge on any atom is -0.435 e. The predicted molar refractivity (Wildman–Crippen MR) is 152 cm³/mol. The van der Waals surface area contributed by atoms with Crippen molar-refractivity contribution in [2.24, 2.45) is 11.3 Å². The van der Waals surface area contributed by atoms with Crippen molar-refractivity contribution in [3.8, 4) is 5.75 Å². The van der Waals surface area contributed by atoms with Gasteiger partial charge < -0.3 is 14.5 Å². The van der Waals surface area contributed by atoms with Crippen LogP contribution in [0.1, 0.15) is 69.7 Å². The molecular formula is C32H43F2N3O3. The van der Waals surface area contributed by atoms with E-state index in [1.165, 1.54) is 0 Å². The second-order valence-corrected chi connectivity index (χ2v) is 12.4. The van der Waals surface area contributed by atoms with E-state index in [4.69, 9.17) is 4.74 Å². The van der Waals surface area contributed by atoms with Gasteiger partial charge in [-0.2, -0.15) is 8.78 Å². The first-order valence-corrected chi connectivity index (χ1v) is 14.3. The summed E-state index contributed by atoms with van der Waals surface area (Å²) in [5, 5.41) is 0. The van der Waals surface area contributed by atoms with E-state index < -0.39 is 6.61 Å². The van der Waals surface area contributed by atoms with Crippen LogP contribution in [0.25, 0.3) is 0 Å². The van der Waals surface area contributed by atoms with E-state index in [2.05, 4.69) is 54.8 Å². The molecule has 0 spiro atoms. The quantitative estimate of drug-likeness (QED) is 0.427. The molecule has 4 rings (SSSR count). The largest absolute Gasteiger partial charge is 0.435 e. The van der Waals surface area contributed by atoms with E-state index in [0.717, 1.165) is 42.6 Å². The highest BCUT2D eigenvalue weighted by Crippen LogP contribution is 2.37. The monoisotopic (exact) mass is 555 g/mol. The second-order valence-electron chi connectivity index (χ2n) is 12.4. The topological polar surface area (TPSA) is 53.1 Å². The van der Waals surface area contributed by atoms with Crippen molar-refractivity contribution in [3.63, 3.8) is 0 Å². The minimum atomic E-state index is -2.89. The maximum absolute atomic E-state index is 13.7. The fourth-order valence-corrected chi connectivity index (χ4v) is 6.12. The van der Waals surface area contributed by atoms with Crippen LogP contribution in [-0.4, -0.2) is 71.9 Å². The lowest BCUT2D eigenvalue weighted by atomic mass is 9.82. The fraction of sp³-hybridized carbons (Fsp3) is 0.562.